The Morgan fingerprint density at radius 3 is 2.63 bits per heavy atom. The highest BCUT2D eigenvalue weighted by Crippen LogP contribution is 2.44. The molecule has 1 aliphatic heterocycles. The normalized spacial score (nSPS) is 27.1. The fourth-order valence-corrected chi connectivity index (χ4v) is 2.20. The molecule has 5 nitrogen and oxygen atoms in total. The minimum absolute atomic E-state index is 0.239. The van der Waals surface area contributed by atoms with Crippen LogP contribution in [0.1, 0.15) is 46.5 Å². The molecule has 0 spiro atoms. The molecule has 0 aromatic rings. The number of aliphatic hydroxyl groups excluding tert-OH is 1. The maximum Gasteiger partial charge on any atom is 0.343 e. The van der Waals surface area contributed by atoms with Crippen LogP contribution in [0.5, 0.6) is 0 Å². The zero-order chi connectivity index (χ0) is 14.3. The van der Waals surface area contributed by atoms with E-state index in [-0.39, 0.29) is 6.10 Å². The Balaban J connectivity index is 2.42. The van der Waals surface area contributed by atoms with Crippen molar-refractivity contribution in [3.8, 4) is 0 Å². The van der Waals surface area contributed by atoms with Gasteiger partial charge in [-0.3, -0.25) is 0 Å². The van der Waals surface area contributed by atoms with Gasteiger partial charge in [-0.1, -0.05) is 20.3 Å². The Kier molecular flexibility index (Phi) is 6.75. The third kappa shape index (κ3) is 3.91. The van der Waals surface area contributed by atoms with Crippen LogP contribution in [0.2, 0.25) is 0 Å². The highest BCUT2D eigenvalue weighted by atomic mass is 16.7. The van der Waals surface area contributed by atoms with Crippen LogP contribution in [-0.4, -0.2) is 48.7 Å². The molecule has 0 saturated carbocycles. The number of aliphatic hydroxyl groups is 1. The summed E-state index contributed by atoms with van der Waals surface area (Å²) in [6, 6.07) is 0. The van der Waals surface area contributed by atoms with Gasteiger partial charge in [-0.15, -0.1) is 0 Å². The van der Waals surface area contributed by atoms with E-state index in [9.17, 15) is 9.90 Å². The van der Waals surface area contributed by atoms with E-state index in [4.69, 9.17) is 14.2 Å². The van der Waals surface area contributed by atoms with Gasteiger partial charge in [0.25, 0.3) is 0 Å². The Labute approximate surface area is 115 Å². The Morgan fingerprint density at radius 1 is 1.37 bits per heavy atom. The zero-order valence-electron chi connectivity index (χ0n) is 12.2. The number of hydrogen-bond donors (Lipinski definition) is 1. The van der Waals surface area contributed by atoms with E-state index in [1.807, 2.05) is 6.92 Å². The van der Waals surface area contributed by atoms with Crippen molar-refractivity contribution in [2.45, 2.75) is 64.3 Å². The molecule has 0 aromatic carbocycles. The molecule has 0 aromatic heterocycles. The molecule has 1 fully saturated rings. The summed E-state index contributed by atoms with van der Waals surface area (Å²) < 4.78 is 15.8. The summed E-state index contributed by atoms with van der Waals surface area (Å²) in [6.45, 7) is 7.18. The van der Waals surface area contributed by atoms with E-state index in [1.165, 1.54) is 0 Å². The minimum atomic E-state index is -1.15. The van der Waals surface area contributed by atoms with Gasteiger partial charge in [0, 0.05) is 19.6 Å². The van der Waals surface area contributed by atoms with Crippen molar-refractivity contribution in [1.29, 1.82) is 0 Å². The van der Waals surface area contributed by atoms with E-state index >= 15 is 0 Å². The molecular weight excluding hydrogens is 248 g/mol. The Hall–Kier alpha value is -0.650. The number of epoxide rings is 1. The second-order valence-electron chi connectivity index (χ2n) is 4.80. The number of unbranched alkanes of at least 4 members (excludes halogenated alkanes) is 1. The zero-order valence-corrected chi connectivity index (χ0v) is 12.2. The van der Waals surface area contributed by atoms with Gasteiger partial charge < -0.3 is 19.3 Å². The van der Waals surface area contributed by atoms with Crippen molar-refractivity contribution in [3.05, 3.63) is 0 Å². The standard InChI is InChI=1S/C14H26O5/c1-4-7-9-17-10-8-11(15)14(12(5-2)19-14)13(16)18-6-3/h11-12,15H,4-10H2,1-3H3. The third-order valence-corrected chi connectivity index (χ3v) is 3.40. The lowest BCUT2D eigenvalue weighted by Crippen LogP contribution is -2.42. The Morgan fingerprint density at radius 2 is 2.11 bits per heavy atom. The minimum Gasteiger partial charge on any atom is -0.464 e. The maximum absolute atomic E-state index is 11.9. The van der Waals surface area contributed by atoms with Gasteiger partial charge in [0.15, 0.2) is 0 Å². The molecule has 0 bridgehead atoms. The average Bonchev–Trinajstić information content (AvgIpc) is 3.14. The smallest absolute Gasteiger partial charge is 0.343 e. The number of rotatable bonds is 10. The van der Waals surface area contributed by atoms with Crippen molar-refractivity contribution < 1.29 is 24.1 Å². The van der Waals surface area contributed by atoms with Gasteiger partial charge in [-0.05, 0) is 19.8 Å². The molecular formula is C14H26O5. The first-order valence-corrected chi connectivity index (χ1v) is 7.24. The summed E-state index contributed by atoms with van der Waals surface area (Å²) in [5.74, 6) is -0.456. The Bertz CT molecular complexity index is 281. The second kappa shape index (κ2) is 7.82. The molecule has 3 unspecified atom stereocenters. The van der Waals surface area contributed by atoms with Gasteiger partial charge in [0.05, 0.1) is 12.7 Å². The van der Waals surface area contributed by atoms with Gasteiger partial charge in [-0.2, -0.15) is 0 Å². The molecule has 1 aliphatic rings. The van der Waals surface area contributed by atoms with Crippen LogP contribution in [-0.2, 0) is 19.0 Å². The predicted molar refractivity (Wildman–Crippen MR) is 70.9 cm³/mol. The van der Waals surface area contributed by atoms with Crippen molar-refractivity contribution >= 4 is 5.97 Å². The van der Waals surface area contributed by atoms with E-state index in [2.05, 4.69) is 6.92 Å². The van der Waals surface area contributed by atoms with Crippen LogP contribution in [0.25, 0.3) is 0 Å². The lowest BCUT2D eigenvalue weighted by atomic mass is 9.94. The molecule has 0 amide bonds. The van der Waals surface area contributed by atoms with Gasteiger partial charge >= 0.3 is 5.97 Å². The molecule has 1 heterocycles. The van der Waals surface area contributed by atoms with E-state index < -0.39 is 17.7 Å². The first kappa shape index (κ1) is 16.4. The van der Waals surface area contributed by atoms with Crippen molar-refractivity contribution in [3.63, 3.8) is 0 Å². The van der Waals surface area contributed by atoms with Gasteiger partial charge in [0.2, 0.25) is 5.60 Å². The fourth-order valence-electron chi connectivity index (χ4n) is 2.20. The summed E-state index contributed by atoms with van der Waals surface area (Å²) in [5, 5.41) is 10.2. The first-order valence-electron chi connectivity index (χ1n) is 7.24. The van der Waals surface area contributed by atoms with E-state index in [0.717, 1.165) is 12.8 Å². The molecule has 1 N–H and O–H groups in total. The van der Waals surface area contributed by atoms with Crippen molar-refractivity contribution in [2.75, 3.05) is 19.8 Å². The lowest BCUT2D eigenvalue weighted by molar-refractivity contribution is -0.154. The molecule has 112 valence electrons. The average molecular weight is 274 g/mol. The third-order valence-electron chi connectivity index (χ3n) is 3.40. The van der Waals surface area contributed by atoms with Gasteiger partial charge in [0.1, 0.15) is 6.10 Å². The maximum atomic E-state index is 11.9. The van der Waals surface area contributed by atoms with Crippen LogP contribution < -0.4 is 0 Å². The first-order chi connectivity index (χ1) is 9.13. The SMILES string of the molecule is CCCCOCCC(O)C1(C(=O)OCC)OC1CC. The fraction of sp³-hybridized carbons (Fsp3) is 0.929. The molecule has 19 heavy (non-hydrogen) atoms. The lowest BCUT2D eigenvalue weighted by Gasteiger charge is -2.18. The van der Waals surface area contributed by atoms with Gasteiger partial charge in [-0.25, -0.2) is 4.79 Å². The van der Waals surface area contributed by atoms with Crippen LogP contribution in [0.3, 0.4) is 0 Å². The van der Waals surface area contributed by atoms with Crippen LogP contribution in [0.15, 0.2) is 0 Å². The number of hydrogen-bond acceptors (Lipinski definition) is 5. The topological polar surface area (TPSA) is 68.3 Å². The number of ether oxygens (including phenoxy) is 3. The largest absolute Gasteiger partial charge is 0.464 e. The summed E-state index contributed by atoms with van der Waals surface area (Å²) in [7, 11) is 0. The molecule has 1 saturated heterocycles. The summed E-state index contributed by atoms with van der Waals surface area (Å²) >= 11 is 0. The van der Waals surface area contributed by atoms with Crippen molar-refractivity contribution in [1.82, 2.24) is 0 Å². The van der Waals surface area contributed by atoms with Crippen LogP contribution >= 0.6 is 0 Å². The van der Waals surface area contributed by atoms with Crippen molar-refractivity contribution in [2.24, 2.45) is 0 Å². The summed E-state index contributed by atoms with van der Waals surface area (Å²) in [4.78, 5) is 11.9. The molecule has 0 radical (unpaired) electrons. The quantitative estimate of drug-likeness (QED) is 0.373. The number of esters is 1. The molecule has 5 heteroatoms. The second-order valence-corrected chi connectivity index (χ2v) is 4.80. The van der Waals surface area contributed by atoms with Crippen LogP contribution in [0, 0.1) is 0 Å². The molecule has 3 atom stereocenters. The highest BCUT2D eigenvalue weighted by molar-refractivity contribution is 5.84. The molecule has 1 rings (SSSR count). The van der Waals surface area contributed by atoms with E-state index in [0.29, 0.717) is 32.7 Å². The van der Waals surface area contributed by atoms with Crippen LogP contribution in [0.4, 0.5) is 0 Å². The highest BCUT2D eigenvalue weighted by Gasteiger charge is 2.67. The summed E-state index contributed by atoms with van der Waals surface area (Å²) in [5.41, 5.74) is -1.15. The number of carbonyl (C=O) groups is 1. The predicted octanol–water partition coefficient (Wildman–Crippen LogP) is 1.66. The number of carbonyl (C=O) groups excluding carboxylic acids is 1. The van der Waals surface area contributed by atoms with E-state index in [1.54, 1.807) is 6.92 Å². The summed E-state index contributed by atoms with van der Waals surface area (Å²) in [6.07, 6.45) is 2.06. The monoisotopic (exact) mass is 274 g/mol. The molecule has 0 aliphatic carbocycles.